The number of nitrogens with zero attached hydrogens (tertiary/aromatic N) is 6. The van der Waals surface area contributed by atoms with Crippen LogP contribution in [0.3, 0.4) is 0 Å². The van der Waals surface area contributed by atoms with Gasteiger partial charge < -0.3 is 5.73 Å². The second-order valence-electron chi connectivity index (χ2n) is 5.61. The van der Waals surface area contributed by atoms with Crippen molar-refractivity contribution in [3.05, 3.63) is 47.9 Å². The Balaban J connectivity index is 1.63. The molecule has 0 aliphatic rings. The van der Waals surface area contributed by atoms with E-state index in [-0.39, 0.29) is 5.82 Å². The van der Waals surface area contributed by atoms with Crippen LogP contribution in [-0.2, 0) is 13.6 Å². The van der Waals surface area contributed by atoms with E-state index in [1.54, 1.807) is 34.6 Å². The number of anilines is 2. The lowest BCUT2D eigenvalue weighted by atomic mass is 10.2. The third-order valence-corrected chi connectivity index (χ3v) is 4.77. The number of fused-ring (bicyclic) bond motifs is 1. The fraction of sp³-hybridized carbons (Fsp3) is 0.125. The Morgan fingerprint density at radius 3 is 2.92 bits per heavy atom. The minimum absolute atomic E-state index is 0.286. The minimum atomic E-state index is 0.286. The lowest BCUT2D eigenvalue weighted by molar-refractivity contribution is 0.768. The summed E-state index contributed by atoms with van der Waals surface area (Å²) in [5.41, 5.74) is 7.51. The Morgan fingerprint density at radius 1 is 1.28 bits per heavy atom. The van der Waals surface area contributed by atoms with Gasteiger partial charge in [0, 0.05) is 35.3 Å². The van der Waals surface area contributed by atoms with Crippen LogP contribution in [-0.4, -0.2) is 24.7 Å². The van der Waals surface area contributed by atoms with Crippen molar-refractivity contribution < 1.29 is 0 Å². The predicted molar refractivity (Wildman–Crippen MR) is 98.6 cm³/mol. The summed E-state index contributed by atoms with van der Waals surface area (Å²) in [5, 5.41) is 6.75. The Morgan fingerprint density at radius 2 is 2.16 bits per heavy atom. The normalized spacial score (nSPS) is 11.1. The van der Waals surface area contributed by atoms with Gasteiger partial charge in [0.1, 0.15) is 4.83 Å². The van der Waals surface area contributed by atoms with Crippen LogP contribution in [0.2, 0.25) is 0 Å². The number of rotatable bonds is 4. The van der Waals surface area contributed by atoms with Gasteiger partial charge in [-0.05, 0) is 12.1 Å². The van der Waals surface area contributed by atoms with Crippen LogP contribution in [0.15, 0.2) is 43.0 Å². The monoisotopic (exact) mass is 352 g/mol. The molecule has 0 atom stereocenters. The molecule has 0 amide bonds. The van der Waals surface area contributed by atoms with Gasteiger partial charge >= 0.3 is 0 Å². The molecular weight excluding hydrogens is 336 g/mol. The fourth-order valence-electron chi connectivity index (χ4n) is 2.54. The molecule has 0 aliphatic heterocycles. The molecule has 4 N–H and O–H groups in total. The van der Waals surface area contributed by atoms with E-state index in [4.69, 9.17) is 11.6 Å². The van der Waals surface area contributed by atoms with Crippen LogP contribution in [0.1, 0.15) is 4.88 Å². The molecule has 4 aromatic rings. The van der Waals surface area contributed by atoms with Crippen molar-refractivity contribution in [1.29, 1.82) is 0 Å². The second-order valence-corrected chi connectivity index (χ2v) is 6.72. The van der Waals surface area contributed by atoms with Crippen molar-refractivity contribution in [2.24, 2.45) is 12.9 Å². The summed E-state index contributed by atoms with van der Waals surface area (Å²) in [7, 11) is 1.85. The van der Waals surface area contributed by atoms with E-state index in [9.17, 15) is 0 Å². The smallest absolute Gasteiger partial charge is 0.186 e. The van der Waals surface area contributed by atoms with Gasteiger partial charge in [0.15, 0.2) is 11.6 Å². The summed E-state index contributed by atoms with van der Waals surface area (Å²) in [6.45, 7) is 0.469. The number of hydrogen-bond acceptors (Lipinski definition) is 8. The van der Waals surface area contributed by atoms with Gasteiger partial charge in [-0.15, -0.1) is 11.3 Å². The Kier molecular flexibility index (Phi) is 3.79. The molecule has 25 heavy (non-hydrogen) atoms. The molecule has 0 bridgehead atoms. The number of pyridine rings is 1. The Labute approximate surface area is 147 Å². The highest BCUT2D eigenvalue weighted by Crippen LogP contribution is 2.27. The van der Waals surface area contributed by atoms with Crippen molar-refractivity contribution in [3.8, 4) is 11.3 Å². The van der Waals surface area contributed by atoms with E-state index in [2.05, 4.69) is 26.1 Å². The minimum Gasteiger partial charge on any atom is -0.381 e. The molecule has 0 spiro atoms. The zero-order valence-electron chi connectivity index (χ0n) is 13.5. The lowest BCUT2D eigenvalue weighted by Gasteiger charge is -2.18. The number of nitrogen functional groups attached to an aromatic ring is 1. The number of hydrogen-bond donors (Lipinski definition) is 2. The first-order valence-electron chi connectivity index (χ1n) is 7.57. The molecule has 126 valence electrons. The first-order chi connectivity index (χ1) is 12.1. The standard InChI is InChI=1S/C16H16N8S/c1-23-8-11(6-21-23)13-7-20-14(17)15(22-13)24(18)9-12-5-10-3-2-4-19-16(10)25-12/h2-8H,9,18H2,1H3,(H2,17,20). The van der Waals surface area contributed by atoms with E-state index in [0.29, 0.717) is 18.1 Å². The molecule has 0 aromatic carbocycles. The van der Waals surface area contributed by atoms with Crippen LogP contribution >= 0.6 is 11.3 Å². The summed E-state index contributed by atoms with van der Waals surface area (Å²) >= 11 is 1.59. The molecule has 0 saturated carbocycles. The maximum atomic E-state index is 6.22. The van der Waals surface area contributed by atoms with E-state index in [0.717, 1.165) is 20.7 Å². The number of nitrogens with two attached hydrogens (primary N) is 2. The zero-order valence-corrected chi connectivity index (χ0v) is 14.3. The maximum absolute atomic E-state index is 6.22. The first kappa shape index (κ1) is 15.5. The van der Waals surface area contributed by atoms with Crippen molar-refractivity contribution >= 4 is 33.2 Å². The number of thiophene rings is 1. The molecule has 0 fully saturated rings. The number of hydrazine groups is 1. The summed E-state index contributed by atoms with van der Waals surface area (Å²) in [5.74, 6) is 6.94. The molecule has 0 radical (unpaired) electrons. The highest BCUT2D eigenvalue weighted by molar-refractivity contribution is 7.18. The van der Waals surface area contributed by atoms with E-state index in [1.807, 2.05) is 25.4 Å². The van der Waals surface area contributed by atoms with Crippen molar-refractivity contribution in [2.45, 2.75) is 6.54 Å². The van der Waals surface area contributed by atoms with Gasteiger partial charge in [0.05, 0.1) is 24.6 Å². The summed E-state index contributed by atoms with van der Waals surface area (Å²) in [6, 6.07) is 6.02. The average molecular weight is 352 g/mol. The first-order valence-corrected chi connectivity index (χ1v) is 8.39. The number of aromatic nitrogens is 5. The quantitative estimate of drug-likeness (QED) is 0.426. The van der Waals surface area contributed by atoms with Gasteiger partial charge in [-0.1, -0.05) is 6.07 Å². The van der Waals surface area contributed by atoms with Gasteiger partial charge in [0.2, 0.25) is 0 Å². The SMILES string of the molecule is Cn1cc(-c2cnc(N)c(N(N)Cc3cc4cccnc4s3)n2)cn1. The van der Waals surface area contributed by atoms with E-state index in [1.165, 1.54) is 5.01 Å². The summed E-state index contributed by atoms with van der Waals surface area (Å²) < 4.78 is 1.71. The van der Waals surface area contributed by atoms with Crippen LogP contribution in [0.5, 0.6) is 0 Å². The van der Waals surface area contributed by atoms with E-state index < -0.39 is 0 Å². The largest absolute Gasteiger partial charge is 0.381 e. The van der Waals surface area contributed by atoms with Crippen LogP contribution in [0.4, 0.5) is 11.6 Å². The van der Waals surface area contributed by atoms with Crippen molar-refractivity contribution in [3.63, 3.8) is 0 Å². The van der Waals surface area contributed by atoms with Crippen molar-refractivity contribution in [1.82, 2.24) is 24.7 Å². The molecule has 4 rings (SSSR count). The van der Waals surface area contributed by atoms with Gasteiger partial charge in [0.25, 0.3) is 0 Å². The summed E-state index contributed by atoms with van der Waals surface area (Å²) in [6.07, 6.45) is 6.99. The third-order valence-electron chi connectivity index (χ3n) is 3.73. The van der Waals surface area contributed by atoms with Crippen LogP contribution in [0, 0.1) is 0 Å². The highest BCUT2D eigenvalue weighted by atomic mass is 32.1. The van der Waals surface area contributed by atoms with Gasteiger partial charge in [-0.25, -0.2) is 20.8 Å². The zero-order chi connectivity index (χ0) is 17.4. The van der Waals surface area contributed by atoms with Crippen molar-refractivity contribution in [2.75, 3.05) is 10.7 Å². The average Bonchev–Trinajstić information content (AvgIpc) is 3.20. The van der Waals surface area contributed by atoms with E-state index >= 15 is 0 Å². The molecule has 0 unspecified atom stereocenters. The molecular formula is C16H16N8S. The lowest BCUT2D eigenvalue weighted by Crippen LogP contribution is -2.31. The van der Waals surface area contributed by atoms with Crippen LogP contribution < -0.4 is 16.6 Å². The summed E-state index contributed by atoms with van der Waals surface area (Å²) in [4.78, 5) is 15.2. The fourth-order valence-corrected chi connectivity index (χ4v) is 3.54. The Bertz CT molecular complexity index is 1000. The molecule has 0 saturated heterocycles. The molecule has 8 nitrogen and oxygen atoms in total. The predicted octanol–water partition coefficient (Wildman–Crippen LogP) is 1.95. The second kappa shape index (κ2) is 6.11. The van der Waals surface area contributed by atoms with Gasteiger partial charge in [-0.2, -0.15) is 5.10 Å². The molecule has 4 heterocycles. The molecule has 4 aromatic heterocycles. The third kappa shape index (κ3) is 3.02. The molecule has 9 heteroatoms. The number of aryl methyl sites for hydroxylation is 1. The Hall–Kier alpha value is -3.04. The van der Waals surface area contributed by atoms with Crippen LogP contribution in [0.25, 0.3) is 21.5 Å². The topological polar surface area (TPSA) is 112 Å². The van der Waals surface area contributed by atoms with Gasteiger partial charge in [-0.3, -0.25) is 9.69 Å². The maximum Gasteiger partial charge on any atom is 0.186 e. The molecule has 0 aliphatic carbocycles. The highest BCUT2D eigenvalue weighted by Gasteiger charge is 2.14.